The lowest BCUT2D eigenvalue weighted by atomic mass is 9.81. The average Bonchev–Trinajstić information content (AvgIpc) is 2.31. The Kier molecular flexibility index (Phi) is 1.82. The molecule has 1 heterocycles. The Hall–Kier alpha value is -0.990. The molecule has 0 radical (unpaired) electrons. The highest BCUT2D eigenvalue weighted by Crippen LogP contribution is 2.51. The van der Waals surface area contributed by atoms with Crippen molar-refractivity contribution in [2.45, 2.75) is 37.7 Å². The standard InChI is InChI=1S/C10H14O3/c1-7-6-10(13-7)4-2-3-8(10)5-9(11)12/h8H,1-6H2,(H,11,12). The Balaban J connectivity index is 2.02. The molecule has 0 bridgehead atoms. The van der Waals surface area contributed by atoms with Crippen molar-refractivity contribution in [3.05, 3.63) is 12.3 Å². The van der Waals surface area contributed by atoms with E-state index >= 15 is 0 Å². The van der Waals surface area contributed by atoms with Crippen molar-refractivity contribution in [2.75, 3.05) is 0 Å². The van der Waals surface area contributed by atoms with Gasteiger partial charge in [0.2, 0.25) is 0 Å². The Morgan fingerprint density at radius 2 is 2.46 bits per heavy atom. The van der Waals surface area contributed by atoms with Crippen LogP contribution in [0.3, 0.4) is 0 Å². The van der Waals surface area contributed by atoms with Gasteiger partial charge < -0.3 is 9.84 Å². The van der Waals surface area contributed by atoms with Gasteiger partial charge in [0.15, 0.2) is 0 Å². The van der Waals surface area contributed by atoms with E-state index in [0.29, 0.717) is 0 Å². The minimum absolute atomic E-state index is 0.143. The minimum Gasteiger partial charge on any atom is -0.491 e. The van der Waals surface area contributed by atoms with Crippen LogP contribution in [-0.2, 0) is 9.53 Å². The van der Waals surface area contributed by atoms with Crippen LogP contribution in [0, 0.1) is 5.92 Å². The summed E-state index contributed by atoms with van der Waals surface area (Å²) in [7, 11) is 0. The summed E-state index contributed by atoms with van der Waals surface area (Å²) in [5.74, 6) is 0.306. The number of carbonyl (C=O) groups is 1. The first-order chi connectivity index (χ1) is 6.12. The van der Waals surface area contributed by atoms with E-state index in [9.17, 15) is 4.79 Å². The smallest absolute Gasteiger partial charge is 0.303 e. The lowest BCUT2D eigenvalue weighted by Gasteiger charge is -2.45. The van der Waals surface area contributed by atoms with E-state index in [-0.39, 0.29) is 17.9 Å². The topological polar surface area (TPSA) is 46.5 Å². The van der Waals surface area contributed by atoms with Gasteiger partial charge in [-0.1, -0.05) is 6.58 Å². The molecule has 2 rings (SSSR count). The van der Waals surface area contributed by atoms with E-state index < -0.39 is 5.97 Å². The molecule has 0 aromatic heterocycles. The highest BCUT2D eigenvalue weighted by Gasteiger charge is 2.51. The zero-order valence-corrected chi connectivity index (χ0v) is 7.58. The molecule has 1 spiro atoms. The van der Waals surface area contributed by atoms with Crippen molar-refractivity contribution < 1.29 is 14.6 Å². The molecule has 1 aliphatic carbocycles. The number of hydrogen-bond acceptors (Lipinski definition) is 2. The van der Waals surface area contributed by atoms with Crippen LogP contribution in [0.15, 0.2) is 12.3 Å². The van der Waals surface area contributed by atoms with Crippen LogP contribution in [0.4, 0.5) is 0 Å². The highest BCUT2D eigenvalue weighted by molar-refractivity contribution is 5.67. The van der Waals surface area contributed by atoms with Crippen LogP contribution < -0.4 is 0 Å². The van der Waals surface area contributed by atoms with Gasteiger partial charge in [0, 0.05) is 12.3 Å². The summed E-state index contributed by atoms with van der Waals surface area (Å²) in [4.78, 5) is 10.6. The number of hydrogen-bond donors (Lipinski definition) is 1. The van der Waals surface area contributed by atoms with Gasteiger partial charge in [0.05, 0.1) is 12.2 Å². The number of carboxylic acids is 1. The third-order valence-electron chi connectivity index (χ3n) is 3.16. The zero-order chi connectivity index (χ0) is 9.47. The largest absolute Gasteiger partial charge is 0.491 e. The molecular weight excluding hydrogens is 168 g/mol. The van der Waals surface area contributed by atoms with Gasteiger partial charge in [0.25, 0.3) is 0 Å². The summed E-state index contributed by atoms with van der Waals surface area (Å²) >= 11 is 0. The summed E-state index contributed by atoms with van der Waals surface area (Å²) < 4.78 is 5.54. The zero-order valence-electron chi connectivity index (χ0n) is 7.58. The van der Waals surface area contributed by atoms with Gasteiger partial charge in [-0.15, -0.1) is 0 Å². The first kappa shape index (κ1) is 8.60. The highest BCUT2D eigenvalue weighted by atomic mass is 16.5. The summed E-state index contributed by atoms with van der Waals surface area (Å²) in [5.41, 5.74) is -0.143. The van der Waals surface area contributed by atoms with Crippen molar-refractivity contribution in [1.82, 2.24) is 0 Å². The third kappa shape index (κ3) is 1.32. The van der Waals surface area contributed by atoms with Gasteiger partial charge >= 0.3 is 5.97 Å². The van der Waals surface area contributed by atoms with E-state index in [4.69, 9.17) is 9.84 Å². The first-order valence-electron chi connectivity index (χ1n) is 4.71. The normalized spacial score (nSPS) is 37.2. The predicted octanol–water partition coefficient (Wildman–Crippen LogP) is 1.93. The fourth-order valence-corrected chi connectivity index (χ4v) is 2.59. The van der Waals surface area contributed by atoms with E-state index in [1.807, 2.05) is 0 Å². The molecule has 0 amide bonds. The van der Waals surface area contributed by atoms with E-state index in [1.54, 1.807) is 0 Å². The predicted molar refractivity (Wildman–Crippen MR) is 47.2 cm³/mol. The Morgan fingerprint density at radius 1 is 1.77 bits per heavy atom. The number of ether oxygens (including phenoxy) is 1. The molecule has 3 heteroatoms. The van der Waals surface area contributed by atoms with Gasteiger partial charge in [-0.2, -0.15) is 0 Å². The molecule has 0 aromatic rings. The van der Waals surface area contributed by atoms with Crippen molar-refractivity contribution in [1.29, 1.82) is 0 Å². The summed E-state index contributed by atoms with van der Waals surface area (Å²) in [6.07, 6.45) is 4.19. The average molecular weight is 182 g/mol. The molecule has 2 unspecified atom stereocenters. The molecule has 0 aromatic carbocycles. The van der Waals surface area contributed by atoms with Crippen LogP contribution in [-0.4, -0.2) is 16.7 Å². The van der Waals surface area contributed by atoms with Gasteiger partial charge in [-0.3, -0.25) is 4.79 Å². The number of aliphatic carboxylic acids is 1. The molecule has 1 saturated carbocycles. The van der Waals surface area contributed by atoms with Crippen molar-refractivity contribution in [3.63, 3.8) is 0 Å². The molecule has 3 nitrogen and oxygen atoms in total. The number of carboxylic acid groups (broad SMARTS) is 1. The fourth-order valence-electron chi connectivity index (χ4n) is 2.59. The lowest BCUT2D eigenvalue weighted by molar-refractivity contribution is -0.147. The van der Waals surface area contributed by atoms with Crippen LogP contribution in [0.1, 0.15) is 32.1 Å². The monoisotopic (exact) mass is 182 g/mol. The molecule has 1 aliphatic heterocycles. The van der Waals surface area contributed by atoms with Crippen LogP contribution in [0.25, 0.3) is 0 Å². The maximum atomic E-state index is 10.6. The SMILES string of the molecule is C=C1CC2(CCCC2CC(=O)O)O1. The van der Waals surface area contributed by atoms with Crippen LogP contribution in [0.5, 0.6) is 0 Å². The summed E-state index contributed by atoms with van der Waals surface area (Å²) in [6.45, 7) is 3.72. The van der Waals surface area contributed by atoms with E-state index in [1.165, 1.54) is 0 Å². The fraction of sp³-hybridized carbons (Fsp3) is 0.700. The summed E-state index contributed by atoms with van der Waals surface area (Å²) in [6, 6.07) is 0. The second-order valence-electron chi connectivity index (χ2n) is 4.07. The van der Waals surface area contributed by atoms with Crippen molar-refractivity contribution in [3.8, 4) is 0 Å². The Bertz CT molecular complexity index is 249. The van der Waals surface area contributed by atoms with Crippen molar-refractivity contribution in [2.24, 2.45) is 5.92 Å². The maximum absolute atomic E-state index is 10.6. The maximum Gasteiger partial charge on any atom is 0.303 e. The Morgan fingerprint density at radius 3 is 3.00 bits per heavy atom. The first-order valence-corrected chi connectivity index (χ1v) is 4.71. The second kappa shape index (κ2) is 2.76. The second-order valence-corrected chi connectivity index (χ2v) is 4.07. The van der Waals surface area contributed by atoms with Crippen molar-refractivity contribution >= 4 is 5.97 Å². The van der Waals surface area contributed by atoms with Gasteiger partial charge in [-0.05, 0) is 19.3 Å². The molecule has 2 atom stereocenters. The van der Waals surface area contributed by atoms with Gasteiger partial charge in [0.1, 0.15) is 5.60 Å². The van der Waals surface area contributed by atoms with Crippen LogP contribution in [0.2, 0.25) is 0 Å². The number of rotatable bonds is 2. The Labute approximate surface area is 77.4 Å². The molecule has 1 N–H and O–H groups in total. The van der Waals surface area contributed by atoms with E-state index in [2.05, 4.69) is 6.58 Å². The van der Waals surface area contributed by atoms with Crippen LogP contribution >= 0.6 is 0 Å². The molecule has 2 fully saturated rings. The molecule has 1 saturated heterocycles. The third-order valence-corrected chi connectivity index (χ3v) is 3.16. The lowest BCUT2D eigenvalue weighted by Crippen LogP contribution is -2.45. The molecular formula is C10H14O3. The molecule has 72 valence electrons. The molecule has 2 aliphatic rings. The van der Waals surface area contributed by atoms with E-state index in [0.717, 1.165) is 31.4 Å². The molecule has 13 heavy (non-hydrogen) atoms. The minimum atomic E-state index is -0.715. The van der Waals surface area contributed by atoms with Gasteiger partial charge in [-0.25, -0.2) is 0 Å². The quantitative estimate of drug-likeness (QED) is 0.709. The summed E-state index contributed by atoms with van der Waals surface area (Å²) in [5, 5.41) is 8.71.